The van der Waals surface area contributed by atoms with Crippen molar-refractivity contribution in [3.05, 3.63) is 83.6 Å². The maximum Gasteiger partial charge on any atom is 0.516 e. The lowest BCUT2D eigenvalue weighted by atomic mass is 10.1. The van der Waals surface area contributed by atoms with E-state index in [-0.39, 0.29) is 5.69 Å². The fourth-order valence-electron chi connectivity index (χ4n) is 2.78. The third-order valence-corrected chi connectivity index (χ3v) is 5.66. The molecule has 0 unspecified atom stereocenters. The quantitative estimate of drug-likeness (QED) is 0.532. The fraction of sp³-hybridized carbons (Fsp3) is 0.273. The van der Waals surface area contributed by atoms with E-state index in [1.165, 1.54) is 23.8 Å². The van der Waals surface area contributed by atoms with Gasteiger partial charge in [-0.05, 0) is 55.7 Å². The molecule has 2 rings (SSSR count). The van der Waals surface area contributed by atoms with E-state index in [4.69, 9.17) is 0 Å². The molecule has 0 aliphatic heterocycles. The van der Waals surface area contributed by atoms with Crippen molar-refractivity contribution in [2.24, 2.45) is 0 Å². The Labute approximate surface area is 175 Å². The first-order valence-electron chi connectivity index (χ1n) is 9.37. The zero-order chi connectivity index (χ0) is 22.4. The molecule has 2 aromatic rings. The zero-order valence-corrected chi connectivity index (χ0v) is 17.9. The van der Waals surface area contributed by atoms with Gasteiger partial charge in [-0.25, -0.2) is 0 Å². The Balaban J connectivity index is 2.18. The maximum atomic E-state index is 12.6. The molecule has 1 N–H and O–H groups in total. The highest BCUT2D eigenvalue weighted by atomic mass is 32.2. The number of anilines is 1. The summed E-state index contributed by atoms with van der Waals surface area (Å²) in [5.74, 6) is 0. The maximum absolute atomic E-state index is 12.6. The molecular weight excluding hydrogens is 413 g/mol. The smallest absolute Gasteiger partial charge is 0.371 e. The lowest BCUT2D eigenvalue weighted by molar-refractivity contribution is -0.0429. The molecule has 162 valence electrons. The summed E-state index contributed by atoms with van der Waals surface area (Å²) < 4.78 is 61.9. The molecule has 0 saturated carbocycles. The lowest BCUT2D eigenvalue weighted by Gasteiger charge is -2.23. The Kier molecular flexibility index (Phi) is 7.72. The van der Waals surface area contributed by atoms with E-state index in [0.717, 1.165) is 24.4 Å². The van der Waals surface area contributed by atoms with E-state index in [1.807, 2.05) is 44.2 Å². The fourth-order valence-corrected chi connectivity index (χ4v) is 3.33. The number of sulfonamides is 1. The first kappa shape index (κ1) is 23.5. The van der Waals surface area contributed by atoms with Crippen molar-refractivity contribution in [2.75, 3.05) is 11.3 Å². The molecule has 4 nitrogen and oxygen atoms in total. The molecule has 30 heavy (non-hydrogen) atoms. The molecule has 2 aromatic carbocycles. The van der Waals surface area contributed by atoms with Gasteiger partial charge in [0.25, 0.3) is 0 Å². The average Bonchev–Trinajstić information content (AvgIpc) is 2.69. The normalized spacial score (nSPS) is 13.3. The van der Waals surface area contributed by atoms with E-state index >= 15 is 0 Å². The Morgan fingerprint density at radius 1 is 1.03 bits per heavy atom. The number of rotatable bonds is 8. The number of nitrogens with one attached hydrogen (secondary N) is 1. The van der Waals surface area contributed by atoms with Gasteiger partial charge in [-0.15, -0.1) is 0 Å². The third-order valence-electron chi connectivity index (χ3n) is 4.55. The predicted octanol–water partition coefficient (Wildman–Crippen LogP) is 5.78. The molecule has 0 aliphatic rings. The summed E-state index contributed by atoms with van der Waals surface area (Å²) in [5.41, 5.74) is -1.87. The summed E-state index contributed by atoms with van der Waals surface area (Å²) in [6.45, 7) is 7.45. The van der Waals surface area contributed by atoms with Crippen molar-refractivity contribution in [2.45, 2.75) is 32.8 Å². The van der Waals surface area contributed by atoms with Crippen LogP contribution < -0.4 is 4.72 Å². The van der Waals surface area contributed by atoms with Crippen LogP contribution >= 0.6 is 0 Å². The molecule has 0 saturated heterocycles. The molecule has 0 heterocycles. The molecule has 0 spiro atoms. The van der Waals surface area contributed by atoms with Gasteiger partial charge in [0.1, 0.15) is 0 Å². The highest BCUT2D eigenvalue weighted by molar-refractivity contribution is 7.93. The minimum absolute atomic E-state index is 0.141. The van der Waals surface area contributed by atoms with Gasteiger partial charge in [0.15, 0.2) is 0 Å². The molecule has 8 heteroatoms. The van der Waals surface area contributed by atoms with Crippen LogP contribution in [0.1, 0.15) is 31.9 Å². The van der Waals surface area contributed by atoms with Crippen LogP contribution in [0.3, 0.4) is 0 Å². The largest absolute Gasteiger partial charge is 0.516 e. The third kappa shape index (κ3) is 6.38. The second-order valence-corrected chi connectivity index (χ2v) is 8.46. The van der Waals surface area contributed by atoms with E-state index in [9.17, 15) is 21.6 Å². The summed E-state index contributed by atoms with van der Waals surface area (Å²) in [7, 11) is -5.45. The summed E-state index contributed by atoms with van der Waals surface area (Å²) in [6.07, 6.45) is 3.80. The number of nitrogens with zero attached hydrogens (tertiary/aromatic N) is 1. The van der Waals surface area contributed by atoms with Crippen LogP contribution in [0.5, 0.6) is 0 Å². The van der Waals surface area contributed by atoms with Crippen molar-refractivity contribution >= 4 is 21.3 Å². The predicted molar refractivity (Wildman–Crippen MR) is 115 cm³/mol. The molecule has 0 aromatic heterocycles. The van der Waals surface area contributed by atoms with Gasteiger partial charge in [0, 0.05) is 24.5 Å². The van der Waals surface area contributed by atoms with Gasteiger partial charge < -0.3 is 4.90 Å². The van der Waals surface area contributed by atoms with Crippen molar-refractivity contribution in [3.8, 4) is 0 Å². The van der Waals surface area contributed by atoms with Crippen LogP contribution in [0.25, 0.3) is 5.57 Å². The lowest BCUT2D eigenvalue weighted by Crippen LogP contribution is -2.29. The molecule has 0 fully saturated rings. The standard InChI is InChI=1S/C22H25F3N2O2S/c1-4-27(16-19-9-6-5-7-10-19)18(3)14-13-17(2)20-11-8-12-21(15-20)26-30(28,29)22(23,24)25/h5-15,26H,4,16H2,1-3H3/b17-13+,18-14+. The molecular formula is C22H25F3N2O2S. The van der Waals surface area contributed by atoms with Crippen molar-refractivity contribution in [1.29, 1.82) is 0 Å². The monoisotopic (exact) mass is 438 g/mol. The Morgan fingerprint density at radius 3 is 2.30 bits per heavy atom. The number of benzene rings is 2. The van der Waals surface area contributed by atoms with Crippen molar-refractivity contribution in [3.63, 3.8) is 0 Å². The zero-order valence-electron chi connectivity index (χ0n) is 17.1. The summed E-state index contributed by atoms with van der Waals surface area (Å²) >= 11 is 0. The van der Waals surface area contributed by atoms with E-state index in [2.05, 4.69) is 24.0 Å². The van der Waals surface area contributed by atoms with Crippen molar-refractivity contribution in [1.82, 2.24) is 4.90 Å². The SMILES string of the molecule is CCN(Cc1ccccc1)/C(C)=C/C=C(\C)c1cccc(NS(=O)(=O)C(F)(F)F)c1. The van der Waals surface area contributed by atoms with E-state index in [0.29, 0.717) is 5.56 Å². The number of allylic oxidation sites excluding steroid dienone is 4. The van der Waals surface area contributed by atoms with Gasteiger partial charge in [-0.2, -0.15) is 21.6 Å². The summed E-state index contributed by atoms with van der Waals surface area (Å²) in [4.78, 5) is 2.20. The van der Waals surface area contributed by atoms with Crippen LogP contribution in [0.2, 0.25) is 0 Å². The number of hydrogen-bond donors (Lipinski definition) is 1. The van der Waals surface area contributed by atoms with Crippen LogP contribution in [-0.2, 0) is 16.6 Å². The minimum atomic E-state index is -5.45. The highest BCUT2D eigenvalue weighted by Crippen LogP contribution is 2.27. The highest BCUT2D eigenvalue weighted by Gasteiger charge is 2.46. The van der Waals surface area contributed by atoms with Crippen LogP contribution in [0, 0.1) is 0 Å². The second kappa shape index (κ2) is 9.84. The van der Waals surface area contributed by atoms with Crippen molar-refractivity contribution < 1.29 is 21.6 Å². The van der Waals surface area contributed by atoms with E-state index in [1.54, 1.807) is 10.8 Å². The molecule has 0 bridgehead atoms. The Bertz CT molecular complexity index is 1010. The van der Waals surface area contributed by atoms with Crippen LogP contribution in [0.4, 0.5) is 18.9 Å². The molecule has 0 radical (unpaired) electrons. The summed E-state index contributed by atoms with van der Waals surface area (Å²) in [5, 5.41) is 0. The van der Waals surface area contributed by atoms with E-state index < -0.39 is 15.5 Å². The van der Waals surface area contributed by atoms with Gasteiger partial charge in [-0.3, -0.25) is 4.72 Å². The molecule has 0 aliphatic carbocycles. The van der Waals surface area contributed by atoms with Gasteiger partial charge >= 0.3 is 15.5 Å². The number of halogens is 3. The Morgan fingerprint density at radius 2 is 1.70 bits per heavy atom. The van der Waals surface area contributed by atoms with Crippen LogP contribution in [-0.4, -0.2) is 25.4 Å². The average molecular weight is 439 g/mol. The topological polar surface area (TPSA) is 49.4 Å². The van der Waals surface area contributed by atoms with Gasteiger partial charge in [0.2, 0.25) is 0 Å². The number of alkyl halides is 3. The Hall–Kier alpha value is -2.74. The molecule has 0 amide bonds. The van der Waals surface area contributed by atoms with Gasteiger partial charge in [0.05, 0.1) is 0 Å². The second-order valence-electron chi connectivity index (χ2n) is 6.79. The van der Waals surface area contributed by atoms with Gasteiger partial charge in [-0.1, -0.05) is 48.5 Å². The summed E-state index contributed by atoms with van der Waals surface area (Å²) in [6, 6.07) is 15.9. The number of hydrogen-bond acceptors (Lipinski definition) is 3. The first-order chi connectivity index (χ1) is 14.0. The minimum Gasteiger partial charge on any atom is -0.371 e. The van der Waals surface area contributed by atoms with Crippen LogP contribution in [0.15, 0.2) is 72.4 Å². The molecule has 0 atom stereocenters. The first-order valence-corrected chi connectivity index (χ1v) is 10.9.